The third-order valence-corrected chi connectivity index (χ3v) is 6.21. The third-order valence-electron chi connectivity index (χ3n) is 6.21. The van der Waals surface area contributed by atoms with Crippen molar-refractivity contribution < 1.29 is 4.74 Å². The Morgan fingerprint density at radius 2 is 1.76 bits per heavy atom. The van der Waals surface area contributed by atoms with Crippen molar-refractivity contribution in [2.24, 2.45) is 0 Å². The molecule has 1 fully saturated rings. The Kier molecular flexibility index (Phi) is 4.68. The molecule has 1 aromatic carbocycles. The molecule has 2 aromatic heterocycles. The van der Waals surface area contributed by atoms with Gasteiger partial charge in [0.1, 0.15) is 0 Å². The summed E-state index contributed by atoms with van der Waals surface area (Å²) in [7, 11) is 1.69. The lowest BCUT2D eigenvalue weighted by Gasteiger charge is -2.26. The Labute approximate surface area is 172 Å². The minimum atomic E-state index is 0.0980. The zero-order valence-corrected chi connectivity index (χ0v) is 16.8. The van der Waals surface area contributed by atoms with Crippen LogP contribution in [0.2, 0.25) is 0 Å². The van der Waals surface area contributed by atoms with Crippen LogP contribution >= 0.6 is 0 Å². The molecule has 0 bridgehead atoms. The van der Waals surface area contributed by atoms with Gasteiger partial charge in [-0.2, -0.15) is 0 Å². The zero-order chi connectivity index (χ0) is 19.7. The number of nitrogens with zero attached hydrogens (tertiary/aromatic N) is 4. The first kappa shape index (κ1) is 18.1. The molecule has 5 nitrogen and oxygen atoms in total. The fourth-order valence-electron chi connectivity index (χ4n) is 4.92. The summed E-state index contributed by atoms with van der Waals surface area (Å²) in [5.74, 6) is 0.726. The molecule has 148 valence electrons. The predicted octanol–water partition coefficient (Wildman–Crippen LogP) is 3.65. The molecule has 0 radical (unpaired) electrons. The second-order valence-electron chi connectivity index (χ2n) is 8.13. The van der Waals surface area contributed by atoms with E-state index in [0.717, 1.165) is 50.6 Å². The van der Waals surface area contributed by atoms with Crippen molar-refractivity contribution in [2.45, 2.75) is 24.9 Å². The number of methoxy groups -OCH3 is 1. The van der Waals surface area contributed by atoms with Crippen LogP contribution in [0.15, 0.2) is 67.0 Å². The highest BCUT2D eigenvalue weighted by atomic mass is 16.5. The summed E-state index contributed by atoms with van der Waals surface area (Å²) >= 11 is 0. The van der Waals surface area contributed by atoms with Crippen LogP contribution in [0.25, 0.3) is 0 Å². The molecule has 5 heteroatoms. The Morgan fingerprint density at radius 3 is 2.62 bits per heavy atom. The van der Waals surface area contributed by atoms with Gasteiger partial charge < -0.3 is 9.64 Å². The third kappa shape index (κ3) is 3.36. The van der Waals surface area contributed by atoms with E-state index in [2.05, 4.69) is 63.3 Å². The van der Waals surface area contributed by atoms with E-state index in [0.29, 0.717) is 0 Å². The summed E-state index contributed by atoms with van der Waals surface area (Å²) in [6.07, 6.45) is 4.86. The van der Waals surface area contributed by atoms with Gasteiger partial charge in [0.2, 0.25) is 5.88 Å². The number of pyridine rings is 2. The number of hydrogen-bond acceptors (Lipinski definition) is 5. The van der Waals surface area contributed by atoms with Crippen LogP contribution in [0.4, 0.5) is 5.69 Å². The quantitative estimate of drug-likeness (QED) is 0.670. The van der Waals surface area contributed by atoms with Gasteiger partial charge in [0.05, 0.1) is 18.5 Å². The summed E-state index contributed by atoms with van der Waals surface area (Å²) < 4.78 is 5.45. The Morgan fingerprint density at radius 1 is 0.931 bits per heavy atom. The highest BCUT2D eigenvalue weighted by Gasteiger charge is 2.48. The van der Waals surface area contributed by atoms with Crippen LogP contribution in [-0.2, 0) is 18.5 Å². The number of rotatable bonds is 5. The highest BCUT2D eigenvalue weighted by molar-refractivity contribution is 5.60. The lowest BCUT2D eigenvalue weighted by atomic mass is 9.85. The average Bonchev–Trinajstić information content (AvgIpc) is 3.31. The number of likely N-dealkylation sites (tertiary alicyclic amines) is 1. The Balaban J connectivity index is 1.38. The molecule has 29 heavy (non-hydrogen) atoms. The normalized spacial score (nSPS) is 20.9. The van der Waals surface area contributed by atoms with Gasteiger partial charge in [-0.05, 0) is 36.7 Å². The molecule has 1 saturated heterocycles. The fourth-order valence-corrected chi connectivity index (χ4v) is 4.92. The topological polar surface area (TPSA) is 41.5 Å². The molecule has 0 N–H and O–H groups in total. The van der Waals surface area contributed by atoms with E-state index in [9.17, 15) is 0 Å². The summed E-state index contributed by atoms with van der Waals surface area (Å²) in [6.45, 7) is 4.89. The number of aromatic nitrogens is 2. The van der Waals surface area contributed by atoms with Crippen LogP contribution in [0.1, 0.15) is 23.2 Å². The van der Waals surface area contributed by atoms with E-state index in [1.807, 2.05) is 12.3 Å². The van der Waals surface area contributed by atoms with Crippen molar-refractivity contribution >= 4 is 5.69 Å². The molecule has 0 unspecified atom stereocenters. The largest absolute Gasteiger partial charge is 0.481 e. The summed E-state index contributed by atoms with van der Waals surface area (Å²) in [4.78, 5) is 14.2. The Hall–Kier alpha value is -2.92. The maximum Gasteiger partial charge on any atom is 0.217 e. The van der Waals surface area contributed by atoms with Crippen molar-refractivity contribution in [3.05, 3.63) is 83.8 Å². The number of fused-ring (bicyclic) bond motifs is 2. The van der Waals surface area contributed by atoms with Crippen LogP contribution in [0.5, 0.6) is 5.88 Å². The molecule has 5 rings (SSSR count). The Bertz CT molecular complexity index is 993. The van der Waals surface area contributed by atoms with Crippen LogP contribution in [0, 0.1) is 0 Å². The van der Waals surface area contributed by atoms with E-state index in [-0.39, 0.29) is 5.41 Å². The van der Waals surface area contributed by atoms with Gasteiger partial charge >= 0.3 is 0 Å². The summed E-state index contributed by atoms with van der Waals surface area (Å²) in [5.41, 5.74) is 5.14. The summed E-state index contributed by atoms with van der Waals surface area (Å²) in [5, 5.41) is 0. The fraction of sp³-hybridized carbons (Fsp3) is 0.333. The van der Waals surface area contributed by atoms with E-state index in [4.69, 9.17) is 9.72 Å². The van der Waals surface area contributed by atoms with Gasteiger partial charge in [-0.3, -0.25) is 9.88 Å². The molecular weight excluding hydrogens is 360 g/mol. The van der Waals surface area contributed by atoms with Crippen molar-refractivity contribution in [3.63, 3.8) is 0 Å². The first-order valence-corrected chi connectivity index (χ1v) is 10.2. The second-order valence-corrected chi connectivity index (χ2v) is 8.13. The standard InChI is InChI=1S/C24H26N4O/c1-29-23-20(9-5-13-26-23)16-27-14-11-24(17-27)18-28(15-19-7-3-2-4-8-19)21-10-6-12-25-22(21)24/h2-10,12-13H,11,14-18H2,1H3/t24-/m0/s1. The maximum absolute atomic E-state index is 5.45. The van der Waals surface area contributed by atoms with Crippen molar-refractivity contribution in [3.8, 4) is 5.88 Å². The molecule has 0 saturated carbocycles. The van der Waals surface area contributed by atoms with Gasteiger partial charge in [0, 0.05) is 49.6 Å². The van der Waals surface area contributed by atoms with Gasteiger partial charge in [0.15, 0.2) is 0 Å². The predicted molar refractivity (Wildman–Crippen MR) is 114 cm³/mol. The highest BCUT2D eigenvalue weighted by Crippen LogP contribution is 2.45. The van der Waals surface area contributed by atoms with Crippen LogP contribution in [0.3, 0.4) is 0 Å². The monoisotopic (exact) mass is 386 g/mol. The molecule has 0 amide bonds. The van der Waals surface area contributed by atoms with Crippen molar-refractivity contribution in [2.75, 3.05) is 31.6 Å². The van der Waals surface area contributed by atoms with E-state index in [1.54, 1.807) is 13.3 Å². The minimum Gasteiger partial charge on any atom is -0.481 e. The van der Waals surface area contributed by atoms with Crippen LogP contribution < -0.4 is 9.64 Å². The van der Waals surface area contributed by atoms with Crippen LogP contribution in [-0.4, -0.2) is 41.6 Å². The van der Waals surface area contributed by atoms with Gasteiger partial charge in [-0.1, -0.05) is 36.4 Å². The van der Waals surface area contributed by atoms with E-state index >= 15 is 0 Å². The van der Waals surface area contributed by atoms with Crippen molar-refractivity contribution in [1.82, 2.24) is 14.9 Å². The zero-order valence-electron chi connectivity index (χ0n) is 16.8. The number of benzene rings is 1. The first-order chi connectivity index (χ1) is 14.3. The molecule has 1 spiro atoms. The second kappa shape index (κ2) is 7.48. The number of anilines is 1. The SMILES string of the molecule is COc1ncccc1CN1CC[C@]2(C1)CN(Cc1ccccc1)c1cccnc12. The molecule has 1 atom stereocenters. The average molecular weight is 386 g/mol. The molecule has 2 aliphatic rings. The smallest absolute Gasteiger partial charge is 0.217 e. The van der Waals surface area contributed by atoms with Gasteiger partial charge in [-0.25, -0.2) is 4.98 Å². The number of ether oxygens (including phenoxy) is 1. The maximum atomic E-state index is 5.45. The lowest BCUT2D eigenvalue weighted by molar-refractivity contribution is 0.296. The molecule has 3 aromatic rings. The minimum absolute atomic E-state index is 0.0980. The number of hydrogen-bond donors (Lipinski definition) is 0. The molecule has 4 heterocycles. The van der Waals surface area contributed by atoms with E-state index in [1.165, 1.54) is 16.9 Å². The first-order valence-electron chi connectivity index (χ1n) is 10.2. The van der Waals surface area contributed by atoms with Gasteiger partial charge in [0.25, 0.3) is 0 Å². The molecular formula is C24H26N4O. The van der Waals surface area contributed by atoms with Crippen molar-refractivity contribution in [1.29, 1.82) is 0 Å². The van der Waals surface area contributed by atoms with E-state index < -0.39 is 0 Å². The lowest BCUT2D eigenvalue weighted by Crippen LogP contribution is -2.36. The van der Waals surface area contributed by atoms with Gasteiger partial charge in [-0.15, -0.1) is 0 Å². The molecule has 2 aliphatic heterocycles. The summed E-state index contributed by atoms with van der Waals surface area (Å²) in [6, 6.07) is 19.1. The molecule has 0 aliphatic carbocycles.